The first kappa shape index (κ1) is 51.4. The Bertz CT molecular complexity index is 4170. The first-order valence-corrected chi connectivity index (χ1v) is 29.7. The van der Waals surface area contributed by atoms with E-state index in [-0.39, 0.29) is 12.1 Å². The minimum atomic E-state index is -0.267. The third-order valence-electron chi connectivity index (χ3n) is 17.4. The van der Waals surface area contributed by atoms with Gasteiger partial charge in [0.15, 0.2) is 0 Å². The van der Waals surface area contributed by atoms with Gasteiger partial charge in [0.25, 0.3) is 6.71 Å². The molecule has 2 nitrogen and oxygen atoms in total. The van der Waals surface area contributed by atoms with E-state index >= 15 is 0 Å². The Hall–Kier alpha value is -10.5. The van der Waals surface area contributed by atoms with Crippen LogP contribution in [0, 0.1) is 0 Å². The van der Waals surface area contributed by atoms with Crippen molar-refractivity contribution in [1.29, 1.82) is 0 Å². The maximum Gasteiger partial charge on any atom is 0.252 e. The molecule has 0 saturated carbocycles. The fourth-order valence-corrected chi connectivity index (χ4v) is 13.2. The topological polar surface area (TPSA) is 6.48 Å². The molecule has 3 heteroatoms. The van der Waals surface area contributed by atoms with E-state index in [2.05, 4.69) is 346 Å². The number of nitrogens with zero attached hydrogens (tertiary/aromatic N) is 2. The Labute approximate surface area is 500 Å². The van der Waals surface area contributed by atoms with Gasteiger partial charge in [0.2, 0.25) is 0 Å². The second-order valence-corrected chi connectivity index (χ2v) is 23.6. The number of anilines is 6. The summed E-state index contributed by atoms with van der Waals surface area (Å²) in [5.41, 5.74) is 30.3. The molecule has 2 aliphatic heterocycles. The van der Waals surface area contributed by atoms with Crippen molar-refractivity contribution in [1.82, 2.24) is 0 Å². The van der Waals surface area contributed by atoms with Crippen molar-refractivity contribution in [2.24, 2.45) is 0 Å². The summed E-state index contributed by atoms with van der Waals surface area (Å²) in [6.45, 7) is 6.94. The molecule has 0 spiro atoms. The van der Waals surface area contributed by atoms with Crippen LogP contribution in [0.25, 0.3) is 89.0 Å². The molecule has 0 amide bonds. The maximum atomic E-state index is 2.67. The van der Waals surface area contributed by atoms with Crippen molar-refractivity contribution >= 4 is 57.2 Å². The Kier molecular flexibility index (Phi) is 12.9. The molecule has 0 saturated heterocycles. The predicted octanol–water partition coefficient (Wildman–Crippen LogP) is 20.4. The zero-order valence-electron chi connectivity index (χ0n) is 48.0. The molecule has 0 atom stereocenters. The first-order chi connectivity index (χ1) is 41.8. The molecule has 0 fully saturated rings. The lowest BCUT2D eigenvalue weighted by Crippen LogP contribution is -2.61. The summed E-state index contributed by atoms with van der Waals surface area (Å²) < 4.78 is 0. The summed E-state index contributed by atoms with van der Waals surface area (Å²) >= 11 is 0. The molecule has 15 rings (SSSR count). The number of hydrogen-bond acceptors (Lipinski definition) is 2. The molecule has 0 unspecified atom stereocenters. The molecule has 2 aliphatic rings. The zero-order valence-corrected chi connectivity index (χ0v) is 48.0. The van der Waals surface area contributed by atoms with Gasteiger partial charge < -0.3 is 9.80 Å². The lowest BCUT2D eigenvalue weighted by Gasteiger charge is -2.46. The van der Waals surface area contributed by atoms with Crippen molar-refractivity contribution in [3.8, 4) is 89.0 Å². The molecule has 402 valence electrons. The SMILES string of the molecule is CC(C)(C)c1cc2c3c(c1)N(c1c(-c4ccccc4)cc(-c4ccccc4)cc1-c1ccccc1)c1ccc(-c4ccccc4)cc1B3c1cc(-c3ccccc3)ccc1N2c1c(-c2ccccc2)cc(-c2ccccc2)cc1-c1ccccc1. The van der Waals surface area contributed by atoms with E-state index in [0.717, 1.165) is 78.4 Å². The molecule has 13 aromatic rings. The molecule has 85 heavy (non-hydrogen) atoms. The van der Waals surface area contributed by atoms with Gasteiger partial charge in [0.05, 0.1) is 11.4 Å². The zero-order chi connectivity index (χ0) is 57.0. The molecular formula is C82H61BN2. The van der Waals surface area contributed by atoms with E-state index in [1.165, 1.54) is 66.7 Å². The molecule has 13 aromatic carbocycles. The molecule has 0 bridgehead atoms. The summed E-state index contributed by atoms with van der Waals surface area (Å²) in [6, 6.07) is 117. The highest BCUT2D eigenvalue weighted by molar-refractivity contribution is 7.00. The van der Waals surface area contributed by atoms with Crippen LogP contribution in [-0.4, -0.2) is 6.71 Å². The van der Waals surface area contributed by atoms with Crippen LogP contribution in [-0.2, 0) is 5.41 Å². The average Bonchev–Trinajstić information content (AvgIpc) is 0.891. The van der Waals surface area contributed by atoms with Crippen molar-refractivity contribution in [2.75, 3.05) is 9.80 Å². The first-order valence-electron chi connectivity index (χ1n) is 29.7. The third-order valence-corrected chi connectivity index (χ3v) is 17.4. The van der Waals surface area contributed by atoms with Gasteiger partial charge in [-0.25, -0.2) is 0 Å². The van der Waals surface area contributed by atoms with Crippen LogP contribution in [0.2, 0.25) is 0 Å². The van der Waals surface area contributed by atoms with Gasteiger partial charge in [-0.1, -0.05) is 288 Å². The summed E-state index contributed by atoms with van der Waals surface area (Å²) in [7, 11) is 0. The van der Waals surface area contributed by atoms with E-state index in [9.17, 15) is 0 Å². The van der Waals surface area contributed by atoms with Crippen LogP contribution in [0.1, 0.15) is 26.3 Å². The number of fused-ring (bicyclic) bond motifs is 4. The van der Waals surface area contributed by atoms with Crippen LogP contribution in [0.3, 0.4) is 0 Å². The monoisotopic (exact) mass is 1080 g/mol. The van der Waals surface area contributed by atoms with E-state index in [0.29, 0.717) is 0 Å². The average molecular weight is 1090 g/mol. The van der Waals surface area contributed by atoms with Gasteiger partial charge in [-0.05, 0) is 143 Å². The lowest BCUT2D eigenvalue weighted by atomic mass is 9.33. The summed E-state index contributed by atoms with van der Waals surface area (Å²) in [6.07, 6.45) is 0. The Morgan fingerprint density at radius 1 is 0.235 bits per heavy atom. The maximum absolute atomic E-state index is 2.67. The predicted molar refractivity (Wildman–Crippen MR) is 363 cm³/mol. The van der Waals surface area contributed by atoms with Gasteiger partial charge in [0, 0.05) is 45.0 Å². The summed E-state index contributed by atoms with van der Waals surface area (Å²) in [4.78, 5) is 5.35. The van der Waals surface area contributed by atoms with E-state index < -0.39 is 0 Å². The van der Waals surface area contributed by atoms with Gasteiger partial charge >= 0.3 is 0 Å². The Balaban J connectivity index is 1.13. The fraction of sp³-hybridized carbons (Fsp3) is 0.0488. The standard InChI is InChI=1S/C82H61BN2/c1-82(2,3)68-54-77-79-78(55-68)85(81-71(62-40-24-10-25-41-62)50-67(59-34-18-7-19-35-59)51-72(81)63-42-26-11-27-43-63)76-47-45-65(57-30-14-5-15-31-57)53-74(76)83(79)73-52-64(56-28-12-4-13-29-56)44-46-75(73)84(77)80-69(60-36-20-8-21-37-60)48-66(58-32-16-6-17-33-58)49-70(80)61-38-22-9-23-39-61/h4-55H,1-3H3. The molecular weight excluding hydrogens is 1020 g/mol. The summed E-state index contributed by atoms with van der Waals surface area (Å²) in [5, 5.41) is 0. The number of benzene rings is 13. The highest BCUT2D eigenvalue weighted by Gasteiger charge is 2.46. The number of hydrogen-bond donors (Lipinski definition) is 0. The second-order valence-electron chi connectivity index (χ2n) is 23.6. The normalized spacial score (nSPS) is 12.3. The smallest absolute Gasteiger partial charge is 0.252 e. The number of rotatable bonds is 10. The highest BCUT2D eigenvalue weighted by atomic mass is 15.2. The van der Waals surface area contributed by atoms with Crippen molar-refractivity contribution in [2.45, 2.75) is 26.2 Å². The summed E-state index contributed by atoms with van der Waals surface area (Å²) in [5.74, 6) is 0. The molecule has 2 heterocycles. The minimum absolute atomic E-state index is 0.184. The largest absolute Gasteiger partial charge is 0.310 e. The Morgan fingerprint density at radius 2 is 0.494 bits per heavy atom. The van der Waals surface area contributed by atoms with Gasteiger partial charge in [-0.3, -0.25) is 0 Å². The van der Waals surface area contributed by atoms with Crippen LogP contribution in [0.4, 0.5) is 34.1 Å². The molecule has 0 N–H and O–H groups in total. The van der Waals surface area contributed by atoms with Crippen molar-refractivity contribution in [3.05, 3.63) is 321 Å². The van der Waals surface area contributed by atoms with E-state index in [1.807, 2.05) is 0 Å². The van der Waals surface area contributed by atoms with Crippen molar-refractivity contribution in [3.63, 3.8) is 0 Å². The molecule has 0 aromatic heterocycles. The van der Waals surface area contributed by atoms with Gasteiger partial charge in [-0.15, -0.1) is 0 Å². The van der Waals surface area contributed by atoms with E-state index in [4.69, 9.17) is 0 Å². The van der Waals surface area contributed by atoms with Crippen LogP contribution in [0.15, 0.2) is 315 Å². The minimum Gasteiger partial charge on any atom is -0.310 e. The lowest BCUT2D eigenvalue weighted by molar-refractivity contribution is 0.590. The van der Waals surface area contributed by atoms with Gasteiger partial charge in [-0.2, -0.15) is 0 Å². The fourth-order valence-electron chi connectivity index (χ4n) is 13.2. The van der Waals surface area contributed by atoms with Gasteiger partial charge in [0.1, 0.15) is 0 Å². The highest BCUT2D eigenvalue weighted by Crippen LogP contribution is 2.55. The van der Waals surface area contributed by atoms with Crippen LogP contribution >= 0.6 is 0 Å². The Morgan fingerprint density at radius 3 is 0.765 bits per heavy atom. The van der Waals surface area contributed by atoms with Crippen LogP contribution < -0.4 is 26.2 Å². The quantitative estimate of drug-likeness (QED) is 0.126. The van der Waals surface area contributed by atoms with E-state index in [1.54, 1.807) is 0 Å². The second kappa shape index (κ2) is 21.4. The van der Waals surface area contributed by atoms with Crippen molar-refractivity contribution < 1.29 is 0 Å². The van der Waals surface area contributed by atoms with Crippen LogP contribution in [0.5, 0.6) is 0 Å². The third kappa shape index (κ3) is 9.26. The molecule has 0 aliphatic carbocycles. The molecule has 0 radical (unpaired) electrons.